The number of nitrogens with zero attached hydrogens (tertiary/aromatic N) is 2. The van der Waals surface area contributed by atoms with E-state index in [0.717, 1.165) is 37.4 Å². The lowest BCUT2D eigenvalue weighted by Crippen LogP contribution is -1.93. The molecule has 5 heteroatoms. The van der Waals surface area contributed by atoms with Gasteiger partial charge in [0.05, 0.1) is 12.8 Å². The summed E-state index contributed by atoms with van der Waals surface area (Å²) < 4.78 is 5.22. The Bertz CT molecular complexity index is 1250. The molecule has 4 nitrogen and oxygen atoms in total. The summed E-state index contributed by atoms with van der Waals surface area (Å²) in [7, 11) is 1.65. The molecular weight excluding hydrogens is 356 g/mol. The van der Waals surface area contributed by atoms with Gasteiger partial charge in [-0.15, -0.1) is 0 Å². The van der Waals surface area contributed by atoms with Gasteiger partial charge in [-0.2, -0.15) is 5.26 Å². The van der Waals surface area contributed by atoms with Gasteiger partial charge in [-0.25, -0.2) is 4.99 Å². The van der Waals surface area contributed by atoms with Crippen molar-refractivity contribution in [2.75, 3.05) is 7.11 Å². The van der Waals surface area contributed by atoms with E-state index in [0.29, 0.717) is 11.3 Å². The number of carbonyl (C=O) groups excluding carboxylic acids is 1. The molecule has 0 saturated heterocycles. The van der Waals surface area contributed by atoms with E-state index in [1.54, 1.807) is 18.9 Å². The van der Waals surface area contributed by atoms with Crippen molar-refractivity contribution < 1.29 is 9.53 Å². The maximum atomic E-state index is 12.0. The molecule has 3 aromatic carbocycles. The normalized spacial score (nSPS) is 14.4. The predicted molar refractivity (Wildman–Crippen MR) is 105 cm³/mol. The molecule has 3 aromatic rings. The molecule has 0 atom stereocenters. The fourth-order valence-electron chi connectivity index (χ4n) is 3.64. The minimum absolute atomic E-state index is 0.137. The fraction of sp³-hybridized carbons (Fsp3) is 0.0455. The third-order valence-electron chi connectivity index (χ3n) is 4.84. The van der Waals surface area contributed by atoms with Crippen molar-refractivity contribution in [2.45, 2.75) is 9.79 Å². The van der Waals surface area contributed by atoms with E-state index in [2.05, 4.69) is 11.1 Å². The highest BCUT2D eigenvalue weighted by Crippen LogP contribution is 2.46. The van der Waals surface area contributed by atoms with Crippen molar-refractivity contribution in [2.24, 2.45) is 4.99 Å². The van der Waals surface area contributed by atoms with E-state index in [-0.39, 0.29) is 5.57 Å². The minimum Gasteiger partial charge on any atom is -0.497 e. The molecule has 0 spiro atoms. The third kappa shape index (κ3) is 2.24. The lowest BCUT2D eigenvalue weighted by molar-refractivity contribution is -0.113. The number of aliphatic imine (C=N–C) groups is 1. The highest BCUT2D eigenvalue weighted by Gasteiger charge is 2.36. The highest BCUT2D eigenvalue weighted by molar-refractivity contribution is 7.99. The first-order valence-corrected chi connectivity index (χ1v) is 9.19. The van der Waals surface area contributed by atoms with E-state index < -0.39 is 5.91 Å². The van der Waals surface area contributed by atoms with E-state index >= 15 is 0 Å². The average molecular weight is 368 g/mol. The largest absolute Gasteiger partial charge is 0.497 e. The van der Waals surface area contributed by atoms with Gasteiger partial charge in [0.1, 0.15) is 17.4 Å². The van der Waals surface area contributed by atoms with Gasteiger partial charge in [0.2, 0.25) is 0 Å². The van der Waals surface area contributed by atoms with Crippen LogP contribution in [-0.2, 0) is 4.79 Å². The Kier molecular flexibility index (Phi) is 3.43. The Balaban J connectivity index is 1.68. The minimum atomic E-state index is -0.443. The van der Waals surface area contributed by atoms with Crippen molar-refractivity contribution >= 4 is 39.7 Å². The summed E-state index contributed by atoms with van der Waals surface area (Å²) >= 11 is 1.67. The summed E-state index contributed by atoms with van der Waals surface area (Å²) in [6.07, 6.45) is 0. The van der Waals surface area contributed by atoms with Crippen LogP contribution in [0.15, 0.2) is 75.0 Å². The Morgan fingerprint density at radius 1 is 1.04 bits per heavy atom. The first kappa shape index (κ1) is 15.9. The maximum Gasteiger partial charge on any atom is 0.288 e. The number of allylic oxidation sites excluding steroid dienone is 1. The molecule has 1 aliphatic heterocycles. The number of nitriles is 1. The summed E-state index contributed by atoms with van der Waals surface area (Å²) in [5.41, 5.74) is 3.28. The van der Waals surface area contributed by atoms with E-state index in [9.17, 15) is 10.1 Å². The van der Waals surface area contributed by atoms with Crippen LogP contribution in [0.5, 0.6) is 5.75 Å². The maximum absolute atomic E-state index is 12.0. The first-order valence-electron chi connectivity index (χ1n) is 8.37. The van der Waals surface area contributed by atoms with Gasteiger partial charge in [-0.1, -0.05) is 36.0 Å². The number of ether oxygens (including phenoxy) is 1. The number of hydrogen-bond donors (Lipinski definition) is 0. The zero-order chi connectivity index (χ0) is 18.5. The molecule has 0 saturated carbocycles. The number of rotatable bonds is 3. The molecule has 0 radical (unpaired) electrons. The summed E-state index contributed by atoms with van der Waals surface area (Å²) in [4.78, 5) is 18.4. The van der Waals surface area contributed by atoms with Gasteiger partial charge in [0, 0.05) is 26.3 Å². The number of hydrogen-bond acceptors (Lipinski definition) is 4. The smallest absolute Gasteiger partial charge is 0.288 e. The lowest BCUT2D eigenvalue weighted by atomic mass is 10.0. The molecule has 1 aliphatic carbocycles. The van der Waals surface area contributed by atoms with Crippen LogP contribution in [0.3, 0.4) is 0 Å². The molecule has 27 heavy (non-hydrogen) atoms. The predicted octanol–water partition coefficient (Wildman–Crippen LogP) is 4.62. The second-order valence-electron chi connectivity index (χ2n) is 6.24. The Hall–Kier alpha value is -3.36. The summed E-state index contributed by atoms with van der Waals surface area (Å²) in [6, 6.07) is 20.0. The van der Waals surface area contributed by atoms with Crippen LogP contribution in [0, 0.1) is 11.3 Å². The monoisotopic (exact) mass is 368 g/mol. The van der Waals surface area contributed by atoms with Gasteiger partial charge < -0.3 is 4.74 Å². The molecular formula is C22H12N2O2S. The number of carbonyl (C=O) groups is 1. The Morgan fingerprint density at radius 3 is 2.59 bits per heavy atom. The van der Waals surface area contributed by atoms with E-state index in [1.807, 2.05) is 54.6 Å². The quantitative estimate of drug-likeness (QED) is 0.677. The number of amides is 1. The lowest BCUT2D eigenvalue weighted by Gasteiger charge is -2.09. The topological polar surface area (TPSA) is 62.4 Å². The fourth-order valence-corrected chi connectivity index (χ4v) is 4.59. The van der Waals surface area contributed by atoms with Crippen molar-refractivity contribution in [1.29, 1.82) is 5.26 Å². The summed E-state index contributed by atoms with van der Waals surface area (Å²) in [6.45, 7) is 0. The molecule has 5 rings (SSSR count). The molecule has 0 unspecified atom stereocenters. The van der Waals surface area contributed by atoms with Crippen LogP contribution in [0.4, 0.5) is 0 Å². The zero-order valence-corrected chi connectivity index (χ0v) is 15.1. The van der Waals surface area contributed by atoms with Crippen LogP contribution in [-0.4, -0.2) is 18.7 Å². The van der Waals surface area contributed by atoms with Crippen LogP contribution in [0.25, 0.3) is 16.3 Å². The average Bonchev–Trinajstić information content (AvgIpc) is 3.19. The zero-order valence-electron chi connectivity index (χ0n) is 14.3. The van der Waals surface area contributed by atoms with Gasteiger partial charge in [0.15, 0.2) is 0 Å². The van der Waals surface area contributed by atoms with Crippen molar-refractivity contribution in [3.63, 3.8) is 0 Å². The SMILES string of the molecule is COc1ccc(Sc2ccc3c4c(cccc24)C2=NC(=O)C(C#N)=C23)cc1. The van der Waals surface area contributed by atoms with E-state index in [1.165, 1.54) is 0 Å². The van der Waals surface area contributed by atoms with Crippen molar-refractivity contribution in [1.82, 2.24) is 0 Å². The molecule has 0 bridgehead atoms. The van der Waals surface area contributed by atoms with Crippen LogP contribution in [0.2, 0.25) is 0 Å². The second-order valence-corrected chi connectivity index (χ2v) is 7.36. The van der Waals surface area contributed by atoms with Crippen molar-refractivity contribution in [3.8, 4) is 11.8 Å². The summed E-state index contributed by atoms with van der Waals surface area (Å²) in [5.74, 6) is 0.382. The summed E-state index contributed by atoms with van der Waals surface area (Å²) in [5, 5.41) is 11.6. The number of benzene rings is 3. The first-order chi connectivity index (χ1) is 13.2. The number of methoxy groups -OCH3 is 1. The van der Waals surface area contributed by atoms with Crippen LogP contribution >= 0.6 is 11.8 Å². The van der Waals surface area contributed by atoms with Crippen molar-refractivity contribution in [3.05, 3.63) is 71.3 Å². The Labute approximate surface area is 159 Å². The molecule has 0 N–H and O–H groups in total. The molecule has 128 valence electrons. The van der Waals surface area contributed by atoms with Crippen LogP contribution < -0.4 is 4.74 Å². The molecule has 1 amide bonds. The van der Waals surface area contributed by atoms with Crippen LogP contribution in [0.1, 0.15) is 11.1 Å². The van der Waals surface area contributed by atoms with Gasteiger partial charge in [0.25, 0.3) is 5.91 Å². The molecule has 0 fully saturated rings. The number of fused-ring (bicyclic) bond motifs is 3. The standard InChI is InChI=1S/C22H12N2O2S/c1-26-12-5-7-13(8-6-12)27-18-10-9-15-19-14(18)3-2-4-16(19)21-20(15)17(11-23)22(25)24-21/h2-10H,1H3. The second kappa shape index (κ2) is 5.83. The molecule has 1 heterocycles. The Morgan fingerprint density at radius 2 is 1.85 bits per heavy atom. The van der Waals surface area contributed by atoms with Gasteiger partial charge >= 0.3 is 0 Å². The molecule has 2 aliphatic rings. The van der Waals surface area contributed by atoms with Gasteiger partial charge in [-0.05, 0) is 41.3 Å². The van der Waals surface area contributed by atoms with Gasteiger partial charge in [-0.3, -0.25) is 4.79 Å². The van der Waals surface area contributed by atoms with E-state index in [4.69, 9.17) is 4.74 Å². The highest BCUT2D eigenvalue weighted by atomic mass is 32.2. The molecule has 0 aromatic heterocycles. The third-order valence-corrected chi connectivity index (χ3v) is 5.92.